The van der Waals surface area contributed by atoms with Gasteiger partial charge in [-0.25, -0.2) is 0 Å². The van der Waals surface area contributed by atoms with Crippen LogP contribution < -0.4 is 0 Å². The fourth-order valence-electron chi connectivity index (χ4n) is 2.16. The zero-order valence-corrected chi connectivity index (χ0v) is 13.2. The van der Waals surface area contributed by atoms with Crippen molar-refractivity contribution in [3.8, 4) is 0 Å². The van der Waals surface area contributed by atoms with Gasteiger partial charge in [0.25, 0.3) is 5.24 Å². The highest BCUT2D eigenvalue weighted by atomic mass is 35.5. The van der Waals surface area contributed by atoms with Crippen molar-refractivity contribution in [1.82, 2.24) is 0 Å². The van der Waals surface area contributed by atoms with Crippen molar-refractivity contribution >= 4 is 51.0 Å². The van der Waals surface area contributed by atoms with Gasteiger partial charge in [-0.3, -0.25) is 4.79 Å². The highest BCUT2D eigenvalue weighted by Gasteiger charge is 2.11. The van der Waals surface area contributed by atoms with Crippen LogP contribution in [0.4, 0.5) is 0 Å². The van der Waals surface area contributed by atoms with Crippen molar-refractivity contribution < 1.29 is 4.79 Å². The fraction of sp³-hybridized carbons (Fsp3) is 0. The molecule has 0 N–H and O–H groups in total. The van der Waals surface area contributed by atoms with E-state index < -0.39 is 5.24 Å². The highest BCUT2D eigenvalue weighted by molar-refractivity contribution is 7.99. The number of halogens is 2. The van der Waals surface area contributed by atoms with Crippen LogP contribution in [0.15, 0.2) is 70.5 Å². The Morgan fingerprint density at radius 3 is 2.24 bits per heavy atom. The molecule has 3 rings (SSSR count). The summed E-state index contributed by atoms with van der Waals surface area (Å²) in [5.74, 6) is 0. The number of fused-ring (bicyclic) bond motifs is 1. The lowest BCUT2D eigenvalue weighted by Gasteiger charge is -2.09. The molecule has 0 aromatic heterocycles. The summed E-state index contributed by atoms with van der Waals surface area (Å²) >= 11 is 13.4. The lowest BCUT2D eigenvalue weighted by Crippen LogP contribution is -1.91. The molecule has 1 nitrogen and oxygen atoms in total. The highest BCUT2D eigenvalue weighted by Crippen LogP contribution is 2.37. The van der Waals surface area contributed by atoms with E-state index in [4.69, 9.17) is 23.2 Å². The minimum atomic E-state index is -0.448. The van der Waals surface area contributed by atoms with Crippen LogP contribution >= 0.6 is 35.0 Å². The molecule has 0 aliphatic carbocycles. The molecule has 3 aromatic rings. The molecule has 0 bridgehead atoms. The van der Waals surface area contributed by atoms with Crippen molar-refractivity contribution in [3.63, 3.8) is 0 Å². The molecule has 0 radical (unpaired) electrons. The van der Waals surface area contributed by atoms with E-state index in [0.717, 1.165) is 25.6 Å². The van der Waals surface area contributed by atoms with E-state index >= 15 is 0 Å². The summed E-state index contributed by atoms with van der Waals surface area (Å²) in [6, 6.07) is 19.1. The fourth-order valence-corrected chi connectivity index (χ4v) is 3.69. The first-order valence-corrected chi connectivity index (χ1v) is 7.88. The Hall–Kier alpha value is -1.48. The summed E-state index contributed by atoms with van der Waals surface area (Å²) in [5, 5.41) is 2.33. The van der Waals surface area contributed by atoms with Gasteiger partial charge in [0.05, 0.1) is 0 Å². The van der Waals surface area contributed by atoms with Crippen molar-refractivity contribution in [2.75, 3.05) is 0 Å². The Bertz CT molecular complexity index is 830. The van der Waals surface area contributed by atoms with Gasteiger partial charge in [0, 0.05) is 25.8 Å². The maximum Gasteiger partial charge on any atom is 0.253 e. The van der Waals surface area contributed by atoms with Gasteiger partial charge in [-0.2, -0.15) is 0 Å². The number of benzene rings is 3. The molecule has 0 unspecified atom stereocenters. The summed E-state index contributed by atoms with van der Waals surface area (Å²) in [6.45, 7) is 0. The van der Waals surface area contributed by atoms with Crippen LogP contribution in [0.3, 0.4) is 0 Å². The second-order valence-electron chi connectivity index (χ2n) is 4.46. The third-order valence-electron chi connectivity index (χ3n) is 3.15. The van der Waals surface area contributed by atoms with Gasteiger partial charge >= 0.3 is 0 Å². The average molecular weight is 333 g/mol. The van der Waals surface area contributed by atoms with Gasteiger partial charge in [0.2, 0.25) is 0 Å². The van der Waals surface area contributed by atoms with Crippen molar-refractivity contribution in [2.45, 2.75) is 9.79 Å². The molecule has 0 spiro atoms. The van der Waals surface area contributed by atoms with Gasteiger partial charge in [0.1, 0.15) is 0 Å². The SMILES string of the molecule is O=C(Cl)c1ccccc1Sc1ccc(Cl)c2ccccc12. The van der Waals surface area contributed by atoms with Crippen LogP contribution in [0.1, 0.15) is 10.4 Å². The average Bonchev–Trinajstić information content (AvgIpc) is 2.51. The van der Waals surface area contributed by atoms with E-state index in [2.05, 4.69) is 0 Å². The van der Waals surface area contributed by atoms with Crippen LogP contribution in [0, 0.1) is 0 Å². The molecule has 0 heterocycles. The van der Waals surface area contributed by atoms with Gasteiger partial charge in [-0.15, -0.1) is 0 Å². The Morgan fingerprint density at radius 1 is 0.810 bits per heavy atom. The van der Waals surface area contributed by atoms with Crippen LogP contribution in [-0.2, 0) is 0 Å². The largest absolute Gasteiger partial charge is 0.276 e. The minimum absolute atomic E-state index is 0.448. The topological polar surface area (TPSA) is 17.1 Å². The molecule has 104 valence electrons. The van der Waals surface area contributed by atoms with E-state index in [9.17, 15) is 4.79 Å². The van der Waals surface area contributed by atoms with Crippen LogP contribution in [0.25, 0.3) is 10.8 Å². The first-order valence-electron chi connectivity index (χ1n) is 6.31. The maximum atomic E-state index is 11.5. The smallest absolute Gasteiger partial charge is 0.253 e. The zero-order chi connectivity index (χ0) is 14.8. The van der Waals surface area contributed by atoms with Crippen LogP contribution in [0.5, 0.6) is 0 Å². The summed E-state index contributed by atoms with van der Waals surface area (Å²) in [4.78, 5) is 13.4. The number of carbonyl (C=O) groups excluding carboxylic acids is 1. The second-order valence-corrected chi connectivity index (χ2v) is 6.30. The van der Waals surface area contributed by atoms with Crippen molar-refractivity contribution in [2.24, 2.45) is 0 Å². The number of hydrogen-bond acceptors (Lipinski definition) is 2. The standard InChI is InChI=1S/C17H10Cl2OS/c18-14-9-10-16(12-6-2-1-5-11(12)14)21-15-8-4-3-7-13(15)17(19)20/h1-10H. The van der Waals surface area contributed by atoms with Crippen molar-refractivity contribution in [1.29, 1.82) is 0 Å². The molecule has 0 saturated heterocycles. The number of hydrogen-bond donors (Lipinski definition) is 0. The molecule has 21 heavy (non-hydrogen) atoms. The quantitative estimate of drug-likeness (QED) is 0.545. The first kappa shape index (κ1) is 14.5. The molecule has 0 fully saturated rings. The van der Waals surface area contributed by atoms with Gasteiger partial charge < -0.3 is 0 Å². The minimum Gasteiger partial charge on any atom is -0.276 e. The molecule has 4 heteroatoms. The summed E-state index contributed by atoms with van der Waals surface area (Å²) in [6.07, 6.45) is 0. The predicted molar refractivity (Wildman–Crippen MR) is 89.7 cm³/mol. The zero-order valence-electron chi connectivity index (χ0n) is 10.8. The Labute approximate surface area is 136 Å². The van der Waals surface area contributed by atoms with Gasteiger partial charge in [0.15, 0.2) is 0 Å². The lowest BCUT2D eigenvalue weighted by atomic mass is 10.1. The molecular formula is C17H10Cl2OS. The molecule has 0 amide bonds. The van der Waals surface area contributed by atoms with E-state index in [1.165, 1.54) is 11.8 Å². The Kier molecular flexibility index (Phi) is 4.20. The van der Waals surface area contributed by atoms with E-state index in [-0.39, 0.29) is 0 Å². The molecule has 0 aliphatic rings. The monoisotopic (exact) mass is 332 g/mol. The van der Waals surface area contributed by atoms with Gasteiger partial charge in [-0.1, -0.05) is 59.8 Å². The van der Waals surface area contributed by atoms with Crippen LogP contribution in [-0.4, -0.2) is 5.24 Å². The van der Waals surface area contributed by atoms with Crippen molar-refractivity contribution in [3.05, 3.63) is 71.2 Å². The third kappa shape index (κ3) is 2.93. The van der Waals surface area contributed by atoms with E-state index in [0.29, 0.717) is 5.56 Å². The summed E-state index contributed by atoms with van der Waals surface area (Å²) < 4.78 is 0. The summed E-state index contributed by atoms with van der Waals surface area (Å²) in [7, 11) is 0. The summed E-state index contributed by atoms with van der Waals surface area (Å²) in [5.41, 5.74) is 0.517. The Morgan fingerprint density at radius 2 is 1.48 bits per heavy atom. The first-order chi connectivity index (χ1) is 10.2. The molecule has 0 saturated carbocycles. The second kappa shape index (κ2) is 6.10. The maximum absolute atomic E-state index is 11.5. The van der Waals surface area contributed by atoms with E-state index in [1.807, 2.05) is 48.5 Å². The number of rotatable bonds is 3. The van der Waals surface area contributed by atoms with Crippen LogP contribution in [0.2, 0.25) is 5.02 Å². The third-order valence-corrected chi connectivity index (χ3v) is 4.83. The predicted octanol–water partition coefficient (Wildman–Crippen LogP) is 6.02. The molecule has 0 aliphatic heterocycles. The number of carbonyl (C=O) groups is 1. The lowest BCUT2D eigenvalue weighted by molar-refractivity contribution is 0.107. The normalized spacial score (nSPS) is 10.8. The Balaban J connectivity index is 2.11. The van der Waals surface area contributed by atoms with Gasteiger partial charge in [-0.05, 0) is 41.3 Å². The van der Waals surface area contributed by atoms with E-state index in [1.54, 1.807) is 12.1 Å². The molecule has 0 atom stereocenters. The molecular weight excluding hydrogens is 323 g/mol. The molecule has 3 aromatic carbocycles.